The van der Waals surface area contributed by atoms with Crippen molar-refractivity contribution in [2.45, 2.75) is 116 Å². The Labute approximate surface area is 275 Å². The molecule has 0 atom stereocenters. The molecule has 6 aromatic rings. The van der Waals surface area contributed by atoms with Crippen LogP contribution in [0.4, 0.5) is 0 Å². The zero-order valence-corrected chi connectivity index (χ0v) is 27.8. The Hall–Kier alpha value is -3.96. The fourth-order valence-corrected chi connectivity index (χ4v) is 6.93. The number of benzene rings is 4. The van der Waals surface area contributed by atoms with Crippen LogP contribution >= 0.6 is 0 Å². The molecule has 0 aliphatic rings. The predicted molar refractivity (Wildman–Crippen MR) is 197 cm³/mol. The maximum Gasteiger partial charge on any atom is 0.178 e. The molecule has 0 spiro atoms. The highest BCUT2D eigenvalue weighted by Gasteiger charge is 2.12. The first-order chi connectivity index (χ1) is 22.8. The lowest BCUT2D eigenvalue weighted by molar-refractivity contribution is 0.511. The van der Waals surface area contributed by atoms with E-state index < -0.39 is 0 Å². The van der Waals surface area contributed by atoms with Gasteiger partial charge in [0.05, 0.1) is 0 Å². The van der Waals surface area contributed by atoms with Crippen molar-refractivity contribution in [3.63, 3.8) is 0 Å². The summed E-state index contributed by atoms with van der Waals surface area (Å²) in [6.45, 7) is 2.30. The molecule has 0 bridgehead atoms. The van der Waals surface area contributed by atoms with E-state index in [9.17, 15) is 0 Å². The molecular formula is C44H50O2. The summed E-state index contributed by atoms with van der Waals surface area (Å²) in [5.41, 5.74) is 2.84. The van der Waals surface area contributed by atoms with Crippen molar-refractivity contribution in [3.8, 4) is 11.8 Å². The highest BCUT2D eigenvalue weighted by Crippen LogP contribution is 2.35. The molecule has 0 aliphatic heterocycles. The fraction of sp³-hybridized carbons (Fsp3) is 0.409. The minimum Gasteiger partial charge on any atom is -0.461 e. The van der Waals surface area contributed by atoms with E-state index in [0.29, 0.717) is 5.76 Å². The monoisotopic (exact) mass is 610 g/mol. The summed E-state index contributed by atoms with van der Waals surface area (Å²) >= 11 is 0. The smallest absolute Gasteiger partial charge is 0.178 e. The molecule has 0 saturated carbocycles. The van der Waals surface area contributed by atoms with Gasteiger partial charge in [0.2, 0.25) is 0 Å². The lowest BCUT2D eigenvalue weighted by Crippen LogP contribution is -1.85. The van der Waals surface area contributed by atoms with E-state index in [-0.39, 0.29) is 0 Å². The molecule has 2 heterocycles. The number of rotatable bonds is 17. The van der Waals surface area contributed by atoms with Crippen LogP contribution in [0.15, 0.2) is 87.7 Å². The van der Waals surface area contributed by atoms with Crippen LogP contribution in [0.1, 0.15) is 127 Å². The Morgan fingerprint density at radius 2 is 0.978 bits per heavy atom. The summed E-state index contributed by atoms with van der Waals surface area (Å²) in [6, 6.07) is 27.5. The average molecular weight is 611 g/mol. The Balaban J connectivity index is 0.979. The van der Waals surface area contributed by atoms with E-state index in [0.717, 1.165) is 34.3 Å². The molecule has 0 radical (unpaired) electrons. The molecule has 0 unspecified atom stereocenters. The van der Waals surface area contributed by atoms with E-state index in [1.165, 1.54) is 130 Å². The van der Waals surface area contributed by atoms with Crippen LogP contribution < -0.4 is 0 Å². The molecule has 0 fully saturated rings. The zero-order valence-electron chi connectivity index (χ0n) is 27.8. The highest BCUT2D eigenvalue weighted by molar-refractivity contribution is 6.16. The maximum atomic E-state index is 6.32. The van der Waals surface area contributed by atoms with Crippen molar-refractivity contribution >= 4 is 43.5 Å². The van der Waals surface area contributed by atoms with E-state index in [1.54, 1.807) is 0 Å². The van der Waals surface area contributed by atoms with Gasteiger partial charge in [-0.25, -0.2) is 0 Å². The van der Waals surface area contributed by atoms with Gasteiger partial charge >= 0.3 is 0 Å². The van der Waals surface area contributed by atoms with Crippen molar-refractivity contribution in [3.05, 3.63) is 95.9 Å². The van der Waals surface area contributed by atoms with Crippen molar-refractivity contribution < 1.29 is 8.83 Å². The normalized spacial score (nSPS) is 11.6. The van der Waals surface area contributed by atoms with E-state index in [1.807, 2.05) is 30.3 Å². The van der Waals surface area contributed by atoms with Crippen LogP contribution in [-0.4, -0.2) is 0 Å². The standard InChI is InChI=1S/C44H50O2/c1-2-3-4-5-6-7-8-9-10-11-12-13-14-15-16-20-23-37-32-41-39-30-36-26-29-44-42(40(36)31-35(39)25-28-43(41)45-37)33-38(46-44)27-24-34-21-18-17-19-22-34/h17-19,21-22,25-26,28-33H,2-16,20,23H2,1H3. The molecule has 2 aromatic heterocycles. The largest absolute Gasteiger partial charge is 0.461 e. The summed E-state index contributed by atoms with van der Waals surface area (Å²) in [5.74, 6) is 8.21. The number of hydrogen-bond acceptors (Lipinski definition) is 2. The number of fused-ring (bicyclic) bond motifs is 6. The topological polar surface area (TPSA) is 26.3 Å². The molecule has 2 nitrogen and oxygen atoms in total. The van der Waals surface area contributed by atoms with E-state index >= 15 is 0 Å². The summed E-state index contributed by atoms with van der Waals surface area (Å²) < 4.78 is 12.4. The van der Waals surface area contributed by atoms with Crippen LogP contribution in [0.3, 0.4) is 0 Å². The lowest BCUT2D eigenvalue weighted by Gasteiger charge is -2.04. The second-order valence-electron chi connectivity index (χ2n) is 13.2. The Morgan fingerprint density at radius 3 is 1.57 bits per heavy atom. The van der Waals surface area contributed by atoms with Crippen molar-refractivity contribution in [1.82, 2.24) is 0 Å². The van der Waals surface area contributed by atoms with Crippen LogP contribution in [0.2, 0.25) is 0 Å². The third kappa shape index (κ3) is 8.44. The summed E-state index contributed by atoms with van der Waals surface area (Å²) in [7, 11) is 0. The third-order valence-electron chi connectivity index (χ3n) is 9.58. The van der Waals surface area contributed by atoms with Gasteiger partial charge in [-0.3, -0.25) is 0 Å². The molecule has 46 heavy (non-hydrogen) atoms. The van der Waals surface area contributed by atoms with Gasteiger partial charge in [-0.1, -0.05) is 139 Å². The molecule has 0 saturated heterocycles. The number of hydrogen-bond donors (Lipinski definition) is 0. The average Bonchev–Trinajstić information content (AvgIpc) is 3.71. The lowest BCUT2D eigenvalue weighted by atomic mass is 9.99. The number of aryl methyl sites for hydroxylation is 1. The van der Waals surface area contributed by atoms with E-state index in [4.69, 9.17) is 8.83 Å². The SMILES string of the molecule is CCCCCCCCCCCCCCCCCCc1cc2c(ccc3cc4c(ccc5oc(C#Cc6ccccc6)cc54)cc32)o1. The molecule has 4 aromatic carbocycles. The first kappa shape index (κ1) is 32.0. The van der Waals surface area contributed by atoms with Gasteiger partial charge in [-0.2, -0.15) is 0 Å². The quantitative estimate of drug-likeness (QED) is 0.0583. The van der Waals surface area contributed by atoms with Gasteiger partial charge in [0.15, 0.2) is 5.76 Å². The molecule has 6 rings (SSSR count). The Kier molecular flexibility index (Phi) is 11.5. The van der Waals surface area contributed by atoms with Gasteiger partial charge < -0.3 is 8.83 Å². The second-order valence-corrected chi connectivity index (χ2v) is 13.2. The highest BCUT2D eigenvalue weighted by atomic mass is 16.3. The minimum absolute atomic E-state index is 0.690. The zero-order chi connectivity index (χ0) is 31.4. The van der Waals surface area contributed by atoms with E-state index in [2.05, 4.69) is 67.3 Å². The van der Waals surface area contributed by atoms with Gasteiger partial charge in [0.25, 0.3) is 0 Å². The number of furan rings is 2. The molecule has 2 heteroatoms. The Morgan fingerprint density at radius 1 is 0.457 bits per heavy atom. The summed E-state index contributed by atoms with van der Waals surface area (Å²) in [4.78, 5) is 0. The van der Waals surface area contributed by atoms with Crippen LogP contribution in [0.5, 0.6) is 0 Å². The summed E-state index contributed by atoms with van der Waals surface area (Å²) in [5, 5.41) is 7.19. The van der Waals surface area contributed by atoms with Crippen molar-refractivity contribution in [1.29, 1.82) is 0 Å². The third-order valence-corrected chi connectivity index (χ3v) is 9.58. The Bertz CT molecular complexity index is 1890. The molecular weight excluding hydrogens is 560 g/mol. The van der Waals surface area contributed by atoms with Gasteiger partial charge in [-0.15, -0.1) is 0 Å². The first-order valence-corrected chi connectivity index (χ1v) is 18.2. The predicted octanol–water partition coefficient (Wildman–Crippen LogP) is 13.7. The number of unbranched alkanes of at least 4 members (excludes halogenated alkanes) is 15. The summed E-state index contributed by atoms with van der Waals surface area (Å²) in [6.07, 6.45) is 23.3. The fourth-order valence-electron chi connectivity index (χ4n) is 6.93. The minimum atomic E-state index is 0.690. The second kappa shape index (κ2) is 16.6. The van der Waals surface area contributed by atoms with Gasteiger partial charge in [-0.05, 0) is 76.4 Å². The molecule has 0 amide bonds. The van der Waals surface area contributed by atoms with Gasteiger partial charge in [0.1, 0.15) is 16.9 Å². The molecule has 238 valence electrons. The van der Waals surface area contributed by atoms with Crippen LogP contribution in [0.25, 0.3) is 43.5 Å². The van der Waals surface area contributed by atoms with Crippen LogP contribution in [0, 0.1) is 11.8 Å². The molecule has 0 aliphatic carbocycles. The van der Waals surface area contributed by atoms with Crippen molar-refractivity contribution in [2.24, 2.45) is 0 Å². The maximum absolute atomic E-state index is 6.32. The van der Waals surface area contributed by atoms with Crippen LogP contribution in [-0.2, 0) is 6.42 Å². The molecule has 0 N–H and O–H groups in total. The van der Waals surface area contributed by atoms with Crippen molar-refractivity contribution in [2.75, 3.05) is 0 Å². The van der Waals surface area contributed by atoms with Gasteiger partial charge in [0, 0.05) is 28.8 Å². The first-order valence-electron chi connectivity index (χ1n) is 18.2.